The molecule has 0 atom stereocenters. The van der Waals surface area contributed by atoms with Gasteiger partial charge in [0, 0.05) is 0 Å². The molecule has 72 valence electrons. The predicted molar refractivity (Wildman–Crippen MR) is 51.6 cm³/mol. The fourth-order valence-corrected chi connectivity index (χ4v) is 1.33. The van der Waals surface area contributed by atoms with Crippen molar-refractivity contribution in [2.24, 2.45) is 0 Å². The van der Waals surface area contributed by atoms with Crippen LogP contribution in [0.25, 0.3) is 5.65 Å². The van der Waals surface area contributed by atoms with E-state index in [0.29, 0.717) is 16.9 Å². The summed E-state index contributed by atoms with van der Waals surface area (Å²) < 4.78 is 1.31. The average molecular weight is 198 g/mol. The largest absolute Gasteiger partial charge is 0.382 e. The molecule has 0 spiro atoms. The average Bonchev–Trinajstić information content (AvgIpc) is 2.56. The van der Waals surface area contributed by atoms with E-state index in [-0.39, 0.29) is 11.4 Å². The van der Waals surface area contributed by atoms with Gasteiger partial charge in [-0.3, -0.25) is 0 Å². The lowest BCUT2D eigenvalue weighted by Gasteiger charge is -1.98. The summed E-state index contributed by atoms with van der Waals surface area (Å²) in [6.07, 6.45) is 1.34. The maximum Gasteiger partial charge on any atom is 0.175 e. The second kappa shape index (κ2) is 2.96. The number of nitrogen functional groups attached to an aromatic ring is 1. The van der Waals surface area contributed by atoms with Crippen LogP contribution in [0.15, 0.2) is 6.20 Å². The van der Waals surface area contributed by atoms with Crippen LogP contribution in [0.2, 0.25) is 0 Å². The maximum absolute atomic E-state index is 8.87. The zero-order valence-electron chi connectivity index (χ0n) is 7.89. The van der Waals surface area contributed by atoms with E-state index in [1.54, 1.807) is 6.92 Å². The number of aryl methyl sites for hydroxylation is 1. The van der Waals surface area contributed by atoms with Crippen molar-refractivity contribution >= 4 is 11.5 Å². The van der Waals surface area contributed by atoms with E-state index in [0.717, 1.165) is 0 Å². The third-order valence-electron chi connectivity index (χ3n) is 2.09. The van der Waals surface area contributed by atoms with Crippen molar-refractivity contribution in [1.29, 1.82) is 10.5 Å². The quantitative estimate of drug-likeness (QED) is 0.658. The number of hydrogen-bond acceptors (Lipinski definition) is 5. The first-order valence-corrected chi connectivity index (χ1v) is 4.13. The monoisotopic (exact) mass is 198 g/mol. The molecule has 15 heavy (non-hydrogen) atoms. The number of nitrogens with zero attached hydrogens (tertiary/aromatic N) is 5. The number of rotatable bonds is 0. The molecular weight excluding hydrogens is 192 g/mol. The zero-order valence-corrected chi connectivity index (χ0v) is 7.89. The van der Waals surface area contributed by atoms with Crippen molar-refractivity contribution < 1.29 is 0 Å². The highest BCUT2D eigenvalue weighted by Crippen LogP contribution is 2.17. The molecule has 0 saturated heterocycles. The van der Waals surface area contributed by atoms with Gasteiger partial charge in [0.25, 0.3) is 0 Å². The van der Waals surface area contributed by atoms with Gasteiger partial charge in [-0.05, 0) is 6.92 Å². The Morgan fingerprint density at radius 2 is 2.13 bits per heavy atom. The predicted octanol–water partition coefficient (Wildman–Crippen LogP) is 0.363. The molecule has 0 aliphatic rings. The van der Waals surface area contributed by atoms with Crippen LogP contribution in [0.4, 0.5) is 5.82 Å². The fraction of sp³-hybridized carbons (Fsp3) is 0.111. The summed E-state index contributed by atoms with van der Waals surface area (Å²) in [4.78, 5) is 3.98. The van der Waals surface area contributed by atoms with Gasteiger partial charge >= 0.3 is 0 Å². The summed E-state index contributed by atoms with van der Waals surface area (Å²) in [5, 5.41) is 21.7. The van der Waals surface area contributed by atoms with E-state index in [2.05, 4.69) is 10.1 Å². The Bertz CT molecular complexity index is 625. The lowest BCUT2D eigenvalue weighted by atomic mass is 10.3. The number of anilines is 1. The van der Waals surface area contributed by atoms with Crippen LogP contribution in [0.5, 0.6) is 0 Å². The molecule has 0 bridgehead atoms. The highest BCUT2D eigenvalue weighted by Gasteiger charge is 2.13. The Kier molecular flexibility index (Phi) is 1.77. The lowest BCUT2D eigenvalue weighted by Crippen LogP contribution is -2.03. The molecule has 6 heteroatoms. The normalized spacial score (nSPS) is 9.80. The van der Waals surface area contributed by atoms with E-state index in [1.807, 2.05) is 12.1 Å². The molecule has 2 N–H and O–H groups in total. The SMILES string of the molecule is Cc1nn2c(N)c(C#N)cnc2c1C#N. The highest BCUT2D eigenvalue weighted by molar-refractivity contribution is 5.63. The van der Waals surface area contributed by atoms with Crippen LogP contribution in [0.1, 0.15) is 16.8 Å². The van der Waals surface area contributed by atoms with Crippen molar-refractivity contribution in [3.63, 3.8) is 0 Å². The molecule has 2 heterocycles. The molecule has 0 unspecified atom stereocenters. The van der Waals surface area contributed by atoms with Crippen molar-refractivity contribution in [2.45, 2.75) is 6.92 Å². The van der Waals surface area contributed by atoms with Crippen molar-refractivity contribution in [3.8, 4) is 12.1 Å². The number of hydrogen-bond donors (Lipinski definition) is 1. The summed E-state index contributed by atoms with van der Waals surface area (Å²) in [7, 11) is 0. The van der Waals surface area contributed by atoms with Gasteiger partial charge in [-0.25, -0.2) is 4.98 Å². The van der Waals surface area contributed by atoms with Crippen molar-refractivity contribution in [2.75, 3.05) is 5.73 Å². The molecule has 2 rings (SSSR count). The van der Waals surface area contributed by atoms with Crippen LogP contribution < -0.4 is 5.73 Å². The van der Waals surface area contributed by atoms with Gasteiger partial charge in [0.2, 0.25) is 0 Å². The van der Waals surface area contributed by atoms with E-state index >= 15 is 0 Å². The molecule has 0 amide bonds. The van der Waals surface area contributed by atoms with Gasteiger partial charge in [0.1, 0.15) is 29.1 Å². The molecule has 2 aromatic rings. The van der Waals surface area contributed by atoms with E-state index in [1.165, 1.54) is 10.7 Å². The first-order valence-electron chi connectivity index (χ1n) is 4.13. The van der Waals surface area contributed by atoms with Gasteiger partial charge in [-0.1, -0.05) is 0 Å². The molecule has 6 nitrogen and oxygen atoms in total. The Morgan fingerprint density at radius 3 is 2.73 bits per heavy atom. The van der Waals surface area contributed by atoms with Crippen LogP contribution in [-0.4, -0.2) is 14.6 Å². The zero-order chi connectivity index (χ0) is 11.0. The third kappa shape index (κ3) is 1.09. The Balaban J connectivity index is 2.94. The van der Waals surface area contributed by atoms with Crippen LogP contribution in [-0.2, 0) is 0 Å². The van der Waals surface area contributed by atoms with Gasteiger partial charge in [0.05, 0.1) is 11.9 Å². The summed E-state index contributed by atoms with van der Waals surface area (Å²) >= 11 is 0. The molecule has 2 aromatic heterocycles. The van der Waals surface area contributed by atoms with Crippen LogP contribution in [0.3, 0.4) is 0 Å². The minimum absolute atomic E-state index is 0.201. The second-order valence-electron chi connectivity index (χ2n) is 2.98. The fourth-order valence-electron chi connectivity index (χ4n) is 1.33. The van der Waals surface area contributed by atoms with E-state index < -0.39 is 0 Å². The summed E-state index contributed by atoms with van der Waals surface area (Å²) in [6, 6.07) is 3.90. The van der Waals surface area contributed by atoms with Crippen molar-refractivity contribution in [3.05, 3.63) is 23.0 Å². The number of aromatic nitrogens is 3. The first kappa shape index (κ1) is 8.97. The smallest absolute Gasteiger partial charge is 0.175 e. The lowest BCUT2D eigenvalue weighted by molar-refractivity contribution is 0.925. The summed E-state index contributed by atoms with van der Waals surface area (Å²) in [5.41, 5.74) is 7.25. The van der Waals surface area contributed by atoms with Gasteiger partial charge in [-0.2, -0.15) is 20.1 Å². The Hall–Kier alpha value is -2.60. The molecule has 0 aliphatic carbocycles. The van der Waals surface area contributed by atoms with Crippen LogP contribution >= 0.6 is 0 Å². The molecule has 0 aliphatic heterocycles. The van der Waals surface area contributed by atoms with Gasteiger partial charge in [0.15, 0.2) is 5.65 Å². The first-order chi connectivity index (χ1) is 7.19. The summed E-state index contributed by atoms with van der Waals surface area (Å²) in [5.74, 6) is 0.201. The molecule has 0 radical (unpaired) electrons. The Labute approximate surface area is 85.2 Å². The Morgan fingerprint density at radius 1 is 1.40 bits per heavy atom. The maximum atomic E-state index is 8.87. The van der Waals surface area contributed by atoms with E-state index in [4.69, 9.17) is 16.3 Å². The molecular formula is C9H6N6. The molecule has 0 fully saturated rings. The van der Waals surface area contributed by atoms with Crippen molar-refractivity contribution in [1.82, 2.24) is 14.6 Å². The number of nitriles is 2. The minimum Gasteiger partial charge on any atom is -0.382 e. The van der Waals surface area contributed by atoms with Gasteiger partial charge in [-0.15, -0.1) is 0 Å². The molecule has 0 aromatic carbocycles. The third-order valence-corrected chi connectivity index (χ3v) is 2.09. The topological polar surface area (TPSA) is 104 Å². The van der Waals surface area contributed by atoms with Crippen LogP contribution in [0, 0.1) is 29.6 Å². The second-order valence-corrected chi connectivity index (χ2v) is 2.98. The minimum atomic E-state index is 0.201. The number of nitrogens with two attached hydrogens (primary N) is 1. The highest BCUT2D eigenvalue weighted by atomic mass is 15.3. The van der Waals surface area contributed by atoms with Gasteiger partial charge < -0.3 is 5.73 Å². The standard InChI is InChI=1S/C9H6N6/c1-5-7(3-11)9-13-4-6(2-10)8(12)15(9)14-5/h4H,12H2,1H3. The summed E-state index contributed by atoms with van der Waals surface area (Å²) in [6.45, 7) is 1.69. The van der Waals surface area contributed by atoms with E-state index in [9.17, 15) is 0 Å². The number of fused-ring (bicyclic) bond motifs is 1. The molecule has 0 saturated carbocycles.